The summed E-state index contributed by atoms with van der Waals surface area (Å²) in [7, 11) is 0. The summed E-state index contributed by atoms with van der Waals surface area (Å²) in [6.45, 7) is 0.672. The van der Waals surface area contributed by atoms with Crippen molar-refractivity contribution in [3.05, 3.63) is 83.9 Å². The Labute approximate surface area is 163 Å². The first kappa shape index (κ1) is 18.1. The second-order valence-corrected chi connectivity index (χ2v) is 6.85. The van der Waals surface area contributed by atoms with Crippen molar-refractivity contribution in [3.63, 3.8) is 0 Å². The van der Waals surface area contributed by atoms with Gasteiger partial charge in [-0.3, -0.25) is 4.79 Å². The molecular formula is C22H21FN4O. The predicted octanol–water partition coefficient (Wildman–Crippen LogP) is 4.73. The molecule has 1 aliphatic heterocycles. The number of halogens is 1. The van der Waals surface area contributed by atoms with Gasteiger partial charge in [0.1, 0.15) is 5.82 Å². The van der Waals surface area contributed by atoms with Gasteiger partial charge in [0.25, 0.3) is 5.91 Å². The Bertz CT molecular complexity index is 929. The third-order valence-electron chi connectivity index (χ3n) is 4.95. The smallest absolute Gasteiger partial charge is 0.257 e. The number of rotatable bonds is 4. The van der Waals surface area contributed by atoms with Gasteiger partial charge >= 0.3 is 0 Å². The van der Waals surface area contributed by atoms with Crippen LogP contribution >= 0.6 is 0 Å². The highest BCUT2D eigenvalue weighted by Crippen LogP contribution is 2.32. The van der Waals surface area contributed by atoms with E-state index in [9.17, 15) is 9.18 Å². The molecule has 1 saturated heterocycles. The van der Waals surface area contributed by atoms with Crippen molar-refractivity contribution in [3.8, 4) is 0 Å². The van der Waals surface area contributed by atoms with E-state index < -0.39 is 0 Å². The number of anilines is 2. The lowest BCUT2D eigenvalue weighted by Crippen LogP contribution is -2.38. The standard InChI is InChI=1S/C22H21FN4O/c23-18-11-9-16(10-12-18)20-8-4-5-13-27(20)21(28)17-14-24-22(25-15-17)26-19-6-2-1-3-7-19/h1-3,6-7,9-12,14-15,20H,4-5,8,13H2,(H,24,25,26)/t20-/m1/s1. The molecule has 2 heterocycles. The fourth-order valence-electron chi connectivity index (χ4n) is 3.53. The summed E-state index contributed by atoms with van der Waals surface area (Å²) < 4.78 is 13.3. The van der Waals surface area contributed by atoms with Gasteiger partial charge in [0.2, 0.25) is 5.95 Å². The van der Waals surface area contributed by atoms with Gasteiger partial charge in [-0.05, 0) is 49.1 Å². The Morgan fingerprint density at radius 1 is 1.00 bits per heavy atom. The van der Waals surface area contributed by atoms with E-state index >= 15 is 0 Å². The number of para-hydroxylation sites is 1. The summed E-state index contributed by atoms with van der Waals surface area (Å²) >= 11 is 0. The van der Waals surface area contributed by atoms with E-state index in [1.54, 1.807) is 24.5 Å². The molecule has 0 radical (unpaired) electrons. The molecule has 3 aromatic rings. The predicted molar refractivity (Wildman–Crippen MR) is 106 cm³/mol. The lowest BCUT2D eigenvalue weighted by molar-refractivity contribution is 0.0610. The number of nitrogens with one attached hydrogen (secondary N) is 1. The van der Waals surface area contributed by atoms with Crippen molar-refractivity contribution in [2.45, 2.75) is 25.3 Å². The molecule has 2 aromatic carbocycles. The van der Waals surface area contributed by atoms with E-state index in [2.05, 4.69) is 15.3 Å². The molecule has 1 fully saturated rings. The first-order chi connectivity index (χ1) is 13.7. The Hall–Kier alpha value is -3.28. The van der Waals surface area contributed by atoms with Crippen LogP contribution in [0.2, 0.25) is 0 Å². The minimum absolute atomic E-state index is 0.0519. The van der Waals surface area contributed by atoms with Gasteiger partial charge < -0.3 is 10.2 Å². The molecular weight excluding hydrogens is 355 g/mol. The number of hydrogen-bond acceptors (Lipinski definition) is 4. The summed E-state index contributed by atoms with van der Waals surface area (Å²) in [6.07, 6.45) is 5.97. The number of nitrogens with zero attached hydrogens (tertiary/aromatic N) is 3. The lowest BCUT2D eigenvalue weighted by atomic mass is 9.94. The fourth-order valence-corrected chi connectivity index (χ4v) is 3.53. The molecule has 1 amide bonds. The molecule has 28 heavy (non-hydrogen) atoms. The topological polar surface area (TPSA) is 58.1 Å². The third kappa shape index (κ3) is 4.01. The first-order valence-electron chi connectivity index (χ1n) is 9.41. The Morgan fingerprint density at radius 3 is 2.43 bits per heavy atom. The first-order valence-corrected chi connectivity index (χ1v) is 9.41. The maximum atomic E-state index is 13.3. The third-order valence-corrected chi connectivity index (χ3v) is 4.95. The normalized spacial score (nSPS) is 16.6. The molecule has 5 nitrogen and oxygen atoms in total. The quantitative estimate of drug-likeness (QED) is 0.715. The number of likely N-dealkylation sites (tertiary alicyclic amines) is 1. The Kier molecular flexibility index (Phi) is 5.28. The van der Waals surface area contributed by atoms with Crippen LogP contribution in [-0.4, -0.2) is 27.3 Å². The number of carbonyl (C=O) groups excluding carboxylic acids is 1. The second-order valence-electron chi connectivity index (χ2n) is 6.85. The van der Waals surface area contributed by atoms with Crippen LogP contribution in [0.3, 0.4) is 0 Å². The summed E-state index contributed by atoms with van der Waals surface area (Å²) in [6, 6.07) is 16.0. The summed E-state index contributed by atoms with van der Waals surface area (Å²) in [5.74, 6) is 0.0732. The van der Waals surface area contributed by atoms with Crippen LogP contribution in [0.4, 0.5) is 16.0 Å². The van der Waals surface area contributed by atoms with Crippen molar-refractivity contribution in [2.75, 3.05) is 11.9 Å². The highest BCUT2D eigenvalue weighted by molar-refractivity contribution is 5.94. The van der Waals surface area contributed by atoms with Crippen LogP contribution in [0.1, 0.15) is 41.2 Å². The van der Waals surface area contributed by atoms with E-state index in [0.29, 0.717) is 18.1 Å². The summed E-state index contributed by atoms with van der Waals surface area (Å²) in [5.41, 5.74) is 2.29. The van der Waals surface area contributed by atoms with Gasteiger partial charge in [-0.2, -0.15) is 0 Å². The van der Waals surface area contributed by atoms with Crippen LogP contribution in [0.15, 0.2) is 67.0 Å². The van der Waals surface area contributed by atoms with Crippen molar-refractivity contribution in [2.24, 2.45) is 0 Å². The van der Waals surface area contributed by atoms with Crippen LogP contribution < -0.4 is 5.32 Å². The zero-order chi connectivity index (χ0) is 19.3. The highest BCUT2D eigenvalue weighted by Gasteiger charge is 2.29. The monoisotopic (exact) mass is 376 g/mol. The maximum absolute atomic E-state index is 13.3. The van der Waals surface area contributed by atoms with Crippen LogP contribution in [0.25, 0.3) is 0 Å². The lowest BCUT2D eigenvalue weighted by Gasteiger charge is -2.36. The van der Waals surface area contributed by atoms with E-state index in [-0.39, 0.29) is 17.8 Å². The maximum Gasteiger partial charge on any atom is 0.257 e. The number of benzene rings is 2. The number of aromatic nitrogens is 2. The molecule has 142 valence electrons. The highest BCUT2D eigenvalue weighted by atomic mass is 19.1. The molecule has 0 saturated carbocycles. The number of piperidine rings is 1. The second kappa shape index (κ2) is 8.17. The fraction of sp³-hybridized carbons (Fsp3) is 0.227. The minimum atomic E-state index is -0.271. The minimum Gasteiger partial charge on any atom is -0.332 e. The zero-order valence-corrected chi connectivity index (χ0v) is 15.4. The molecule has 1 N–H and O–H groups in total. The van der Waals surface area contributed by atoms with Crippen molar-refractivity contribution in [1.29, 1.82) is 0 Å². The number of amides is 1. The van der Waals surface area contributed by atoms with E-state index in [4.69, 9.17) is 0 Å². The molecule has 4 rings (SSSR count). The van der Waals surface area contributed by atoms with Gasteiger partial charge in [0.05, 0.1) is 11.6 Å². The van der Waals surface area contributed by atoms with Gasteiger partial charge in [-0.15, -0.1) is 0 Å². The van der Waals surface area contributed by atoms with Gasteiger partial charge in [0, 0.05) is 24.6 Å². The molecule has 6 heteroatoms. The van der Waals surface area contributed by atoms with E-state index in [1.807, 2.05) is 35.2 Å². The van der Waals surface area contributed by atoms with Crippen molar-refractivity contribution < 1.29 is 9.18 Å². The van der Waals surface area contributed by atoms with Crippen LogP contribution in [0, 0.1) is 5.82 Å². The molecule has 1 atom stereocenters. The van der Waals surface area contributed by atoms with E-state index in [1.165, 1.54) is 12.1 Å². The van der Waals surface area contributed by atoms with Crippen molar-refractivity contribution >= 4 is 17.5 Å². The molecule has 1 aliphatic rings. The van der Waals surface area contributed by atoms with Gasteiger partial charge in [0.15, 0.2) is 0 Å². The largest absolute Gasteiger partial charge is 0.332 e. The Morgan fingerprint density at radius 2 is 1.71 bits per heavy atom. The van der Waals surface area contributed by atoms with Gasteiger partial charge in [-0.25, -0.2) is 14.4 Å². The molecule has 0 aliphatic carbocycles. The van der Waals surface area contributed by atoms with Crippen molar-refractivity contribution in [1.82, 2.24) is 14.9 Å². The van der Waals surface area contributed by atoms with Gasteiger partial charge in [-0.1, -0.05) is 30.3 Å². The molecule has 0 bridgehead atoms. The summed E-state index contributed by atoms with van der Waals surface area (Å²) in [4.78, 5) is 23.5. The number of hydrogen-bond donors (Lipinski definition) is 1. The molecule has 0 unspecified atom stereocenters. The molecule has 0 spiro atoms. The molecule has 1 aromatic heterocycles. The van der Waals surface area contributed by atoms with Crippen LogP contribution in [-0.2, 0) is 0 Å². The average molecular weight is 376 g/mol. The van der Waals surface area contributed by atoms with E-state index in [0.717, 1.165) is 30.5 Å². The Balaban J connectivity index is 1.51. The number of carbonyl (C=O) groups is 1. The zero-order valence-electron chi connectivity index (χ0n) is 15.4. The van der Waals surface area contributed by atoms with Crippen LogP contribution in [0.5, 0.6) is 0 Å². The SMILES string of the molecule is O=C(c1cnc(Nc2ccccc2)nc1)N1CCCC[C@@H]1c1ccc(F)cc1. The average Bonchev–Trinajstić information content (AvgIpc) is 2.75. The summed E-state index contributed by atoms with van der Waals surface area (Å²) in [5, 5.41) is 3.11.